The molecule has 1 aliphatic carbocycles. The lowest BCUT2D eigenvalue weighted by Crippen LogP contribution is -2.74. The zero-order valence-corrected chi connectivity index (χ0v) is 35.8. The van der Waals surface area contributed by atoms with Gasteiger partial charge in [-0.05, 0) is 92.6 Å². The molecule has 324 valence electrons. The van der Waals surface area contributed by atoms with Gasteiger partial charge in [-0.1, -0.05) is 19.1 Å². The van der Waals surface area contributed by atoms with Gasteiger partial charge in [-0.3, -0.25) is 29.3 Å². The first kappa shape index (κ1) is 39.5. The minimum absolute atomic E-state index is 0.212. The van der Waals surface area contributed by atoms with Gasteiger partial charge in [0.15, 0.2) is 11.5 Å². The van der Waals surface area contributed by atoms with Gasteiger partial charge in [0.1, 0.15) is 11.0 Å². The average Bonchev–Trinajstić information content (AvgIpc) is 3.87. The topological polar surface area (TPSA) is 172 Å². The van der Waals surface area contributed by atoms with E-state index in [2.05, 4.69) is 67.2 Å². The highest BCUT2D eigenvalue weighted by Crippen LogP contribution is 2.45. The molecule has 0 radical (unpaired) electrons. The number of aromatic nitrogens is 7. The fourth-order valence-electron chi connectivity index (χ4n) is 10.9. The lowest BCUT2D eigenvalue weighted by atomic mass is 9.71. The number of hydrogen-bond donors (Lipinski definition) is 3. The third-order valence-electron chi connectivity index (χ3n) is 14.4. The van der Waals surface area contributed by atoms with Crippen molar-refractivity contribution in [2.75, 3.05) is 54.4 Å². The number of benzene rings is 2. The summed E-state index contributed by atoms with van der Waals surface area (Å²) in [5.41, 5.74) is 6.21. The molecule has 4 aromatic heterocycles. The van der Waals surface area contributed by atoms with Gasteiger partial charge in [-0.2, -0.15) is 10.1 Å². The van der Waals surface area contributed by atoms with E-state index in [4.69, 9.17) is 15.1 Å². The van der Waals surface area contributed by atoms with Crippen LogP contribution in [0.25, 0.3) is 27.8 Å². The van der Waals surface area contributed by atoms with Crippen molar-refractivity contribution >= 4 is 56.8 Å². The quantitative estimate of drug-likeness (QED) is 0.129. The Balaban J connectivity index is 0.703. The minimum Gasteiger partial charge on any atom is -0.384 e. The molecule has 4 saturated heterocycles. The highest BCUT2D eigenvalue weighted by atomic mass is 16.3. The summed E-state index contributed by atoms with van der Waals surface area (Å²) in [6.07, 6.45) is 8.27. The number of aryl methyl sites for hydroxylation is 2. The zero-order valence-electron chi connectivity index (χ0n) is 35.8. The van der Waals surface area contributed by atoms with Crippen LogP contribution in [0.4, 0.5) is 23.0 Å². The van der Waals surface area contributed by atoms with Crippen LogP contribution in [0.15, 0.2) is 78.2 Å². The Morgan fingerprint density at radius 2 is 1.70 bits per heavy atom. The van der Waals surface area contributed by atoms with Gasteiger partial charge >= 0.3 is 0 Å². The summed E-state index contributed by atoms with van der Waals surface area (Å²) in [6, 6.07) is 19.3. The standard InChI is InChI=1S/C47H52N12O4/c1-4-20-58-44(62)36-24-48-45(52-42(36)59(58)38-14-6-29-16-19-47(63,5-2)41(29)50-38)49-30-7-9-31(10-8-30)55-21-17-32(18-22-55)56-25-46(26-56)27-57(28-46)33-11-12-34-37(23-33)54(3)53-40(34)35-13-15-39(60)51-43(35)61/h4,6-12,14,23-24,32,35,63H,1,5,13,15-22,25-28H2,2-3H3,(H,48,49,52)(H,51,60,61)/t35?,47-/m1/s1. The van der Waals surface area contributed by atoms with Crippen molar-refractivity contribution in [3.8, 4) is 5.82 Å². The minimum atomic E-state index is -0.990. The number of rotatable bonds is 10. The first-order valence-electron chi connectivity index (χ1n) is 22.3. The first-order valence-corrected chi connectivity index (χ1v) is 22.3. The number of nitrogens with zero attached hydrogens (tertiary/aromatic N) is 10. The Labute approximate surface area is 364 Å². The van der Waals surface area contributed by atoms with E-state index < -0.39 is 11.5 Å². The van der Waals surface area contributed by atoms with Crippen LogP contribution in [0.3, 0.4) is 0 Å². The summed E-state index contributed by atoms with van der Waals surface area (Å²) in [5.74, 6) is 0.00962. The second kappa shape index (κ2) is 14.9. The monoisotopic (exact) mass is 848 g/mol. The average molecular weight is 849 g/mol. The van der Waals surface area contributed by atoms with Crippen LogP contribution in [0.2, 0.25) is 0 Å². The number of nitrogens with one attached hydrogen (secondary N) is 2. The number of aliphatic hydroxyl groups is 1. The summed E-state index contributed by atoms with van der Waals surface area (Å²) in [6.45, 7) is 12.5. The summed E-state index contributed by atoms with van der Waals surface area (Å²) >= 11 is 0. The second-order valence-corrected chi connectivity index (χ2v) is 18.3. The Bertz CT molecular complexity index is 2880. The number of piperidine rings is 2. The largest absolute Gasteiger partial charge is 0.384 e. The number of fused-ring (bicyclic) bond motifs is 3. The summed E-state index contributed by atoms with van der Waals surface area (Å²) < 4.78 is 5.13. The van der Waals surface area contributed by atoms with Gasteiger partial charge in [0.25, 0.3) is 5.56 Å². The van der Waals surface area contributed by atoms with Gasteiger partial charge in [0.2, 0.25) is 17.8 Å². The summed E-state index contributed by atoms with van der Waals surface area (Å²) in [7, 11) is 1.92. The number of pyridine rings is 1. The van der Waals surface area contributed by atoms with Gasteiger partial charge in [-0.25, -0.2) is 19.3 Å². The van der Waals surface area contributed by atoms with E-state index in [1.54, 1.807) is 21.6 Å². The smallest absolute Gasteiger partial charge is 0.278 e. The number of amides is 2. The maximum absolute atomic E-state index is 13.6. The Kier molecular flexibility index (Phi) is 9.31. The van der Waals surface area contributed by atoms with E-state index in [1.165, 1.54) is 11.4 Å². The molecule has 6 aromatic rings. The summed E-state index contributed by atoms with van der Waals surface area (Å²) in [4.78, 5) is 59.7. The van der Waals surface area contributed by atoms with E-state index in [0.29, 0.717) is 65.6 Å². The molecule has 63 heavy (non-hydrogen) atoms. The van der Waals surface area contributed by atoms with Crippen LogP contribution in [0, 0.1) is 5.41 Å². The van der Waals surface area contributed by atoms with Crippen LogP contribution in [-0.2, 0) is 35.2 Å². The number of likely N-dealkylation sites (tertiary alicyclic amines) is 1. The lowest BCUT2D eigenvalue weighted by Gasteiger charge is -2.63. The molecule has 4 fully saturated rings. The summed E-state index contributed by atoms with van der Waals surface area (Å²) in [5, 5.41) is 23.2. The maximum Gasteiger partial charge on any atom is 0.278 e. The Hall–Kier alpha value is -6.39. The molecule has 0 bridgehead atoms. The van der Waals surface area contributed by atoms with E-state index in [1.807, 2.05) is 42.9 Å². The van der Waals surface area contributed by atoms with E-state index in [-0.39, 0.29) is 23.9 Å². The second-order valence-electron chi connectivity index (χ2n) is 18.3. The molecular weight excluding hydrogens is 797 g/mol. The van der Waals surface area contributed by atoms with Crippen molar-refractivity contribution in [3.05, 3.63) is 101 Å². The Morgan fingerprint density at radius 1 is 0.921 bits per heavy atom. The van der Waals surface area contributed by atoms with Crippen LogP contribution < -0.4 is 26.0 Å². The highest BCUT2D eigenvalue weighted by Gasteiger charge is 2.53. The number of anilines is 4. The van der Waals surface area contributed by atoms with Crippen LogP contribution in [0.1, 0.15) is 68.3 Å². The molecule has 2 atom stereocenters. The first-order chi connectivity index (χ1) is 30.5. The molecule has 8 heterocycles. The highest BCUT2D eigenvalue weighted by molar-refractivity contribution is 6.02. The molecule has 4 aliphatic heterocycles. The fourth-order valence-corrected chi connectivity index (χ4v) is 10.9. The molecular formula is C47H52N12O4. The molecule has 0 saturated carbocycles. The normalized spacial score (nSPS) is 22.4. The third kappa shape index (κ3) is 6.60. The molecule has 1 spiro atoms. The maximum atomic E-state index is 13.6. The van der Waals surface area contributed by atoms with Crippen LogP contribution in [0.5, 0.6) is 0 Å². The van der Waals surface area contributed by atoms with Crippen molar-refractivity contribution in [1.82, 2.24) is 44.3 Å². The third-order valence-corrected chi connectivity index (χ3v) is 14.4. The molecule has 11 rings (SSSR count). The Morgan fingerprint density at radius 3 is 2.44 bits per heavy atom. The number of carbonyl (C=O) groups excluding carboxylic acids is 2. The van der Waals surface area contributed by atoms with Crippen molar-refractivity contribution in [2.45, 2.75) is 76.0 Å². The van der Waals surface area contributed by atoms with E-state index >= 15 is 0 Å². The van der Waals surface area contributed by atoms with E-state index in [9.17, 15) is 19.5 Å². The van der Waals surface area contributed by atoms with Gasteiger partial charge in [0.05, 0.1) is 29.4 Å². The number of carbonyl (C=O) groups is 2. The molecule has 2 aromatic carbocycles. The van der Waals surface area contributed by atoms with Gasteiger partial charge in [-0.15, -0.1) is 6.58 Å². The van der Waals surface area contributed by atoms with Crippen molar-refractivity contribution in [3.63, 3.8) is 0 Å². The zero-order chi connectivity index (χ0) is 43.2. The molecule has 3 N–H and O–H groups in total. The van der Waals surface area contributed by atoms with Crippen LogP contribution in [-0.4, -0.2) is 101 Å². The van der Waals surface area contributed by atoms with Crippen molar-refractivity contribution < 1.29 is 14.7 Å². The number of allylic oxidation sites excluding steroid dienone is 1. The number of hydrogen-bond acceptors (Lipinski definition) is 12. The van der Waals surface area contributed by atoms with Gasteiger partial charge < -0.3 is 20.2 Å². The number of imide groups is 1. The molecule has 5 aliphatic rings. The van der Waals surface area contributed by atoms with Crippen molar-refractivity contribution in [2.24, 2.45) is 12.5 Å². The van der Waals surface area contributed by atoms with Gasteiger partial charge in [0, 0.05) is 92.8 Å². The molecule has 16 heteroatoms. The predicted octanol–water partition coefficient (Wildman–Crippen LogP) is 4.65. The molecule has 2 amide bonds. The van der Waals surface area contributed by atoms with E-state index in [0.717, 1.165) is 86.4 Å². The predicted molar refractivity (Wildman–Crippen MR) is 241 cm³/mol. The fraction of sp³-hybridized carbons (Fsp3) is 0.426. The molecule has 1 unspecified atom stereocenters. The van der Waals surface area contributed by atoms with Crippen molar-refractivity contribution in [1.29, 1.82) is 0 Å². The van der Waals surface area contributed by atoms with Crippen LogP contribution >= 0.6 is 0 Å². The SMILES string of the molecule is C=CCn1c(=O)c2cnc(Nc3ccc(N4CCC(N5CC6(CN(c7ccc8c(C9CCC(=O)NC9=O)nn(C)c8c7)C6)C5)CC4)cc3)nc2n1-c1ccc2c(n1)[C@@](O)(CC)CC2. The molecule has 16 nitrogen and oxygen atoms in total. The lowest BCUT2D eigenvalue weighted by molar-refractivity contribution is -0.134.